The average molecular weight is 328 g/mol. The third kappa shape index (κ3) is 3.19. The van der Waals surface area contributed by atoms with Crippen molar-refractivity contribution in [3.63, 3.8) is 0 Å². The van der Waals surface area contributed by atoms with Crippen LogP contribution in [-0.4, -0.2) is 29.7 Å². The summed E-state index contributed by atoms with van der Waals surface area (Å²) in [6.07, 6.45) is 3.33. The Labute approximate surface area is 135 Å². The maximum absolute atomic E-state index is 10.7. The molecule has 3 rings (SSSR count). The van der Waals surface area contributed by atoms with Gasteiger partial charge in [-0.1, -0.05) is 0 Å². The number of nitro benzene ring substituents is 1. The Morgan fingerprint density at radius 1 is 1.17 bits per heavy atom. The van der Waals surface area contributed by atoms with Crippen molar-refractivity contribution < 1.29 is 4.92 Å². The standard InChI is InChI=1S/C14H12N6O2S/c1-2-19-12(10-4-6-11(7-5-10)20(21)22)17-18-14(19)23-13-15-8-3-9-16-13/h3-9H,2H2,1H3. The fraction of sp³-hybridized carbons (Fsp3) is 0.143. The van der Waals surface area contributed by atoms with Gasteiger partial charge in [0, 0.05) is 36.6 Å². The Bertz CT molecular complexity index is 819. The second-order valence-corrected chi connectivity index (χ2v) is 5.42. The summed E-state index contributed by atoms with van der Waals surface area (Å²) in [4.78, 5) is 18.6. The fourth-order valence-electron chi connectivity index (χ4n) is 2.01. The van der Waals surface area contributed by atoms with E-state index in [4.69, 9.17) is 0 Å². The number of nitro groups is 1. The monoisotopic (exact) mass is 328 g/mol. The summed E-state index contributed by atoms with van der Waals surface area (Å²) in [6.45, 7) is 2.64. The lowest BCUT2D eigenvalue weighted by Gasteiger charge is -2.06. The van der Waals surface area contributed by atoms with E-state index in [0.29, 0.717) is 22.7 Å². The summed E-state index contributed by atoms with van der Waals surface area (Å²) < 4.78 is 1.92. The number of benzene rings is 1. The molecule has 116 valence electrons. The van der Waals surface area contributed by atoms with Crippen LogP contribution in [0.3, 0.4) is 0 Å². The first-order valence-electron chi connectivity index (χ1n) is 6.82. The topological polar surface area (TPSA) is 99.6 Å². The molecule has 2 aromatic heterocycles. The summed E-state index contributed by atoms with van der Waals surface area (Å²) in [5, 5.41) is 20.4. The highest BCUT2D eigenvalue weighted by Gasteiger charge is 2.15. The molecule has 0 saturated heterocycles. The Balaban J connectivity index is 1.93. The van der Waals surface area contributed by atoms with Crippen LogP contribution in [-0.2, 0) is 6.54 Å². The van der Waals surface area contributed by atoms with Gasteiger partial charge in [-0.25, -0.2) is 9.97 Å². The first-order chi connectivity index (χ1) is 11.2. The molecule has 0 radical (unpaired) electrons. The second-order valence-electron chi connectivity index (χ2n) is 4.49. The maximum Gasteiger partial charge on any atom is 0.269 e. The lowest BCUT2D eigenvalue weighted by molar-refractivity contribution is -0.384. The van der Waals surface area contributed by atoms with Gasteiger partial charge in [0.25, 0.3) is 5.69 Å². The van der Waals surface area contributed by atoms with E-state index in [2.05, 4.69) is 20.2 Å². The highest BCUT2D eigenvalue weighted by molar-refractivity contribution is 7.99. The lowest BCUT2D eigenvalue weighted by atomic mass is 10.2. The van der Waals surface area contributed by atoms with E-state index in [1.54, 1.807) is 30.6 Å². The molecule has 0 fully saturated rings. The van der Waals surface area contributed by atoms with Gasteiger partial charge >= 0.3 is 0 Å². The van der Waals surface area contributed by atoms with Gasteiger partial charge in [0.1, 0.15) is 0 Å². The molecule has 0 unspecified atom stereocenters. The smallest absolute Gasteiger partial charge is 0.269 e. The second kappa shape index (κ2) is 6.53. The van der Waals surface area contributed by atoms with Crippen molar-refractivity contribution in [2.45, 2.75) is 23.8 Å². The molecule has 0 aliphatic heterocycles. The highest BCUT2D eigenvalue weighted by Crippen LogP contribution is 2.28. The van der Waals surface area contributed by atoms with E-state index in [1.165, 1.54) is 23.9 Å². The van der Waals surface area contributed by atoms with Crippen LogP contribution < -0.4 is 0 Å². The van der Waals surface area contributed by atoms with Gasteiger partial charge in [-0.05, 0) is 36.9 Å². The van der Waals surface area contributed by atoms with E-state index in [1.807, 2.05) is 11.5 Å². The Morgan fingerprint density at radius 3 is 2.48 bits per heavy atom. The van der Waals surface area contributed by atoms with Crippen LogP contribution in [0.1, 0.15) is 6.92 Å². The molecule has 9 heteroatoms. The number of hydrogen-bond acceptors (Lipinski definition) is 7. The number of rotatable bonds is 5. The van der Waals surface area contributed by atoms with Crippen LogP contribution >= 0.6 is 11.8 Å². The minimum atomic E-state index is -0.428. The van der Waals surface area contributed by atoms with Crippen LogP contribution in [0.2, 0.25) is 0 Å². The van der Waals surface area contributed by atoms with Gasteiger partial charge in [0.15, 0.2) is 16.1 Å². The van der Waals surface area contributed by atoms with Crippen molar-refractivity contribution in [2.75, 3.05) is 0 Å². The summed E-state index contributed by atoms with van der Waals surface area (Å²) >= 11 is 1.32. The Morgan fingerprint density at radius 2 is 1.87 bits per heavy atom. The average Bonchev–Trinajstić information content (AvgIpc) is 2.98. The third-order valence-corrected chi connectivity index (χ3v) is 3.97. The van der Waals surface area contributed by atoms with Gasteiger partial charge in [0.05, 0.1) is 4.92 Å². The summed E-state index contributed by atoms with van der Waals surface area (Å²) in [6, 6.07) is 7.99. The molecule has 0 saturated carbocycles. The maximum atomic E-state index is 10.7. The van der Waals surface area contributed by atoms with Gasteiger partial charge in [0.2, 0.25) is 0 Å². The molecule has 0 atom stereocenters. The number of non-ortho nitro benzene ring substituents is 1. The van der Waals surface area contributed by atoms with E-state index in [0.717, 1.165) is 5.56 Å². The van der Waals surface area contributed by atoms with E-state index < -0.39 is 4.92 Å². The summed E-state index contributed by atoms with van der Waals surface area (Å²) in [5.41, 5.74) is 0.814. The zero-order valence-corrected chi connectivity index (χ0v) is 13.0. The Hall–Kier alpha value is -2.81. The van der Waals surface area contributed by atoms with Crippen LogP contribution in [0.15, 0.2) is 53.0 Å². The molecule has 1 aromatic carbocycles. The zero-order valence-electron chi connectivity index (χ0n) is 12.2. The molecular formula is C14H12N6O2S. The SMILES string of the molecule is CCn1c(Sc2ncccn2)nnc1-c1ccc([N+](=O)[O-])cc1. The molecule has 0 amide bonds. The van der Waals surface area contributed by atoms with E-state index >= 15 is 0 Å². The number of nitrogens with zero attached hydrogens (tertiary/aromatic N) is 6. The Kier molecular flexibility index (Phi) is 4.29. The van der Waals surface area contributed by atoms with Crippen molar-refractivity contribution >= 4 is 17.4 Å². The van der Waals surface area contributed by atoms with Crippen LogP contribution in [0.5, 0.6) is 0 Å². The van der Waals surface area contributed by atoms with Crippen molar-refractivity contribution in [3.8, 4) is 11.4 Å². The van der Waals surface area contributed by atoms with E-state index in [-0.39, 0.29) is 5.69 Å². The minimum absolute atomic E-state index is 0.0450. The summed E-state index contributed by atoms with van der Waals surface area (Å²) in [5.74, 6) is 0.654. The molecule has 8 nitrogen and oxygen atoms in total. The quantitative estimate of drug-likeness (QED) is 0.403. The van der Waals surface area contributed by atoms with Gasteiger partial charge < -0.3 is 4.57 Å². The van der Waals surface area contributed by atoms with Gasteiger partial charge in [-0.2, -0.15) is 0 Å². The number of aromatic nitrogens is 5. The van der Waals surface area contributed by atoms with Crippen molar-refractivity contribution in [1.82, 2.24) is 24.7 Å². The zero-order chi connectivity index (χ0) is 16.2. The normalized spacial score (nSPS) is 10.7. The lowest BCUT2D eigenvalue weighted by Crippen LogP contribution is -2.00. The van der Waals surface area contributed by atoms with Crippen molar-refractivity contribution in [1.29, 1.82) is 0 Å². The predicted molar refractivity (Wildman–Crippen MR) is 83.9 cm³/mol. The molecule has 0 aliphatic carbocycles. The molecule has 3 aromatic rings. The first-order valence-corrected chi connectivity index (χ1v) is 7.63. The van der Waals surface area contributed by atoms with E-state index in [9.17, 15) is 10.1 Å². The molecule has 2 heterocycles. The van der Waals surface area contributed by atoms with Gasteiger partial charge in [-0.3, -0.25) is 10.1 Å². The highest BCUT2D eigenvalue weighted by atomic mass is 32.2. The molecule has 0 bridgehead atoms. The third-order valence-electron chi connectivity index (χ3n) is 3.09. The molecular weight excluding hydrogens is 316 g/mol. The largest absolute Gasteiger partial charge is 0.302 e. The molecule has 23 heavy (non-hydrogen) atoms. The van der Waals surface area contributed by atoms with Crippen molar-refractivity contribution in [3.05, 3.63) is 52.8 Å². The molecule has 0 N–H and O–H groups in total. The first kappa shape index (κ1) is 15.1. The minimum Gasteiger partial charge on any atom is -0.302 e. The van der Waals surface area contributed by atoms with Gasteiger partial charge in [-0.15, -0.1) is 10.2 Å². The molecule has 0 spiro atoms. The van der Waals surface area contributed by atoms with Crippen LogP contribution in [0.25, 0.3) is 11.4 Å². The number of hydrogen-bond donors (Lipinski definition) is 0. The molecule has 0 aliphatic rings. The predicted octanol–water partition coefficient (Wildman–Crippen LogP) is 2.81. The summed E-state index contributed by atoms with van der Waals surface area (Å²) in [7, 11) is 0. The fourth-order valence-corrected chi connectivity index (χ4v) is 2.81. The van der Waals surface area contributed by atoms with Crippen molar-refractivity contribution in [2.24, 2.45) is 0 Å². The van der Waals surface area contributed by atoms with Crippen LogP contribution in [0, 0.1) is 10.1 Å². The van der Waals surface area contributed by atoms with Crippen LogP contribution in [0.4, 0.5) is 5.69 Å².